The summed E-state index contributed by atoms with van der Waals surface area (Å²) in [6.07, 6.45) is -8.09. The molecule has 0 spiro atoms. The monoisotopic (exact) mass is 645 g/mol. The van der Waals surface area contributed by atoms with Crippen molar-refractivity contribution in [2.75, 3.05) is 0 Å². The Labute approximate surface area is 203 Å². The molecule has 0 aliphatic rings. The summed E-state index contributed by atoms with van der Waals surface area (Å²) in [6, 6.07) is 1.68. The molecule has 0 fully saturated rings. The minimum Gasteiger partial charge on any atom is -0.194 e. The maximum atomic E-state index is 13.9. The number of hydrogen-bond donors (Lipinski definition) is 0. The van der Waals surface area contributed by atoms with Gasteiger partial charge in [0, 0.05) is 5.56 Å². The van der Waals surface area contributed by atoms with E-state index in [9.17, 15) is 101 Å². The van der Waals surface area contributed by atoms with Crippen molar-refractivity contribution in [1.82, 2.24) is 0 Å². The first kappa shape index (κ1) is 35.6. The fraction of sp³-hybridized carbons (Fsp3) is 0.647. The SMILES string of the molecule is FC(F)(F)C(F)(F)C(F)(F)C(F)(F)C(F)(F)C(F)(F)C(F)(F)C(F)(F)C(F)(F)C(F)(F)C(F)(F)c1[c]cccc1. The molecule has 0 saturated heterocycles. The molecular formula is C17H4F23. The lowest BCUT2D eigenvalue weighted by Gasteiger charge is -2.45. The molecule has 1 radical (unpaired) electrons. The topological polar surface area (TPSA) is 0 Å². The van der Waals surface area contributed by atoms with E-state index in [-0.39, 0.29) is 18.2 Å². The third-order valence-corrected chi connectivity index (χ3v) is 4.95. The van der Waals surface area contributed by atoms with Crippen LogP contribution in [0.4, 0.5) is 101 Å². The Balaban J connectivity index is 3.86. The Bertz CT molecular complexity index is 1050. The quantitative estimate of drug-likeness (QED) is 0.223. The van der Waals surface area contributed by atoms with Crippen molar-refractivity contribution >= 4 is 0 Å². The molecule has 0 aromatic heterocycles. The standard InChI is InChI=1S/C17H4F23/c18-7(19,6-4-2-1-3-5-6)8(20,21)9(22,23)10(24,25)11(26,27)12(28,29)13(30,31)14(32,33)15(34,35)16(36,37)17(38,39)40/h1-4H. The molecule has 0 N–H and O–H groups in total. The summed E-state index contributed by atoms with van der Waals surface area (Å²) in [5.74, 6) is -87.7. The highest BCUT2D eigenvalue weighted by atomic mass is 19.4. The minimum atomic E-state index is -9.40. The van der Waals surface area contributed by atoms with Gasteiger partial charge >= 0.3 is 65.4 Å². The molecule has 0 aliphatic heterocycles. The molecule has 23 heteroatoms. The van der Waals surface area contributed by atoms with E-state index < -0.39 is 71.0 Å². The van der Waals surface area contributed by atoms with Gasteiger partial charge in [-0.15, -0.1) is 0 Å². The van der Waals surface area contributed by atoms with Gasteiger partial charge in [-0.1, -0.05) is 24.3 Å². The van der Waals surface area contributed by atoms with Crippen LogP contribution < -0.4 is 0 Å². The molecule has 0 heterocycles. The Morgan fingerprint density at radius 2 is 0.625 bits per heavy atom. The van der Waals surface area contributed by atoms with Crippen LogP contribution in [0.15, 0.2) is 24.3 Å². The summed E-state index contributed by atoms with van der Waals surface area (Å²) in [5.41, 5.74) is -2.59. The Hall–Kier alpha value is -2.39. The molecule has 0 unspecified atom stereocenters. The third kappa shape index (κ3) is 4.13. The molecule has 0 nitrogen and oxygen atoms in total. The van der Waals surface area contributed by atoms with E-state index in [1.54, 1.807) is 0 Å². The van der Waals surface area contributed by atoms with Gasteiger partial charge in [0.25, 0.3) is 0 Å². The number of halogens is 23. The zero-order chi connectivity index (χ0) is 32.6. The summed E-state index contributed by atoms with van der Waals surface area (Å²) < 4.78 is 307. The molecule has 0 amide bonds. The predicted octanol–water partition coefficient (Wildman–Crippen LogP) is 8.86. The fourth-order valence-corrected chi connectivity index (χ4v) is 2.51. The second-order valence-electron chi connectivity index (χ2n) is 7.52. The van der Waals surface area contributed by atoms with Gasteiger partial charge in [0.1, 0.15) is 0 Å². The van der Waals surface area contributed by atoms with Gasteiger partial charge in [-0.05, 0) is 6.07 Å². The van der Waals surface area contributed by atoms with Gasteiger partial charge in [0.15, 0.2) is 0 Å². The number of alkyl halides is 23. The lowest BCUT2D eigenvalue weighted by molar-refractivity contribution is -0.479. The van der Waals surface area contributed by atoms with Crippen LogP contribution >= 0.6 is 0 Å². The van der Waals surface area contributed by atoms with Crippen LogP contribution in [0.1, 0.15) is 5.56 Å². The summed E-state index contributed by atoms with van der Waals surface area (Å²) in [6.45, 7) is 0. The predicted molar refractivity (Wildman–Crippen MR) is 79.7 cm³/mol. The average Bonchev–Trinajstić information content (AvgIpc) is 2.77. The normalized spacial score (nSPS) is 16.4. The van der Waals surface area contributed by atoms with E-state index in [1.165, 1.54) is 0 Å². The van der Waals surface area contributed by atoms with E-state index in [1.807, 2.05) is 0 Å². The van der Waals surface area contributed by atoms with Crippen molar-refractivity contribution in [2.45, 2.75) is 65.4 Å². The van der Waals surface area contributed by atoms with Gasteiger partial charge < -0.3 is 0 Å². The smallest absolute Gasteiger partial charge is 0.194 e. The minimum absolute atomic E-state index is 0.165. The average molecular weight is 645 g/mol. The molecule has 0 saturated carbocycles. The van der Waals surface area contributed by atoms with Crippen molar-refractivity contribution < 1.29 is 101 Å². The van der Waals surface area contributed by atoms with Crippen LogP contribution in [0.5, 0.6) is 0 Å². The summed E-state index contributed by atoms with van der Waals surface area (Å²) in [4.78, 5) is 0. The Kier molecular flexibility index (Phi) is 8.07. The molecular weight excluding hydrogens is 641 g/mol. The highest BCUT2D eigenvalue weighted by Gasteiger charge is 2.98. The van der Waals surface area contributed by atoms with Gasteiger partial charge in [0.05, 0.1) is 0 Å². The van der Waals surface area contributed by atoms with Crippen molar-refractivity contribution in [3.05, 3.63) is 35.9 Å². The number of hydrogen-bond acceptors (Lipinski definition) is 0. The first-order chi connectivity index (χ1) is 17.1. The highest BCUT2D eigenvalue weighted by Crippen LogP contribution is 2.67. The zero-order valence-electron chi connectivity index (χ0n) is 17.5. The fourth-order valence-electron chi connectivity index (χ4n) is 2.51. The summed E-state index contributed by atoms with van der Waals surface area (Å²) in [5, 5.41) is 0. The van der Waals surface area contributed by atoms with Crippen molar-refractivity contribution in [1.29, 1.82) is 0 Å². The second kappa shape index (κ2) is 9.05. The number of rotatable bonds is 10. The lowest BCUT2D eigenvalue weighted by atomic mass is 9.84. The Morgan fingerprint density at radius 1 is 0.350 bits per heavy atom. The van der Waals surface area contributed by atoms with E-state index >= 15 is 0 Å². The van der Waals surface area contributed by atoms with E-state index in [0.29, 0.717) is 6.07 Å². The molecule has 0 aliphatic carbocycles. The third-order valence-electron chi connectivity index (χ3n) is 4.95. The van der Waals surface area contributed by atoms with Crippen LogP contribution in [0.3, 0.4) is 0 Å². The number of benzene rings is 1. The van der Waals surface area contributed by atoms with Crippen LogP contribution in [0, 0.1) is 6.07 Å². The van der Waals surface area contributed by atoms with Crippen LogP contribution in [-0.2, 0) is 5.92 Å². The summed E-state index contributed by atoms with van der Waals surface area (Å²) in [7, 11) is 0. The maximum Gasteiger partial charge on any atom is 0.460 e. The molecule has 1 aromatic rings. The second-order valence-corrected chi connectivity index (χ2v) is 7.52. The molecule has 0 atom stereocenters. The van der Waals surface area contributed by atoms with Crippen molar-refractivity contribution in [3.63, 3.8) is 0 Å². The van der Waals surface area contributed by atoms with Gasteiger partial charge in [-0.25, -0.2) is 0 Å². The van der Waals surface area contributed by atoms with Crippen molar-refractivity contribution in [2.24, 2.45) is 0 Å². The van der Waals surface area contributed by atoms with Crippen molar-refractivity contribution in [3.8, 4) is 0 Å². The van der Waals surface area contributed by atoms with E-state index in [2.05, 4.69) is 0 Å². The molecule has 40 heavy (non-hydrogen) atoms. The van der Waals surface area contributed by atoms with Gasteiger partial charge in [0.2, 0.25) is 0 Å². The van der Waals surface area contributed by atoms with E-state index in [4.69, 9.17) is 0 Å². The van der Waals surface area contributed by atoms with Crippen LogP contribution in [0.25, 0.3) is 0 Å². The van der Waals surface area contributed by atoms with Crippen LogP contribution in [0.2, 0.25) is 0 Å². The largest absolute Gasteiger partial charge is 0.460 e. The zero-order valence-corrected chi connectivity index (χ0v) is 17.5. The van der Waals surface area contributed by atoms with E-state index in [0.717, 1.165) is 6.07 Å². The highest BCUT2D eigenvalue weighted by molar-refractivity contribution is 5.25. The lowest BCUT2D eigenvalue weighted by Crippen LogP contribution is -2.77. The first-order valence-corrected chi connectivity index (χ1v) is 8.92. The summed E-state index contributed by atoms with van der Waals surface area (Å²) >= 11 is 0. The molecule has 0 bridgehead atoms. The molecule has 1 rings (SSSR count). The van der Waals surface area contributed by atoms with Gasteiger partial charge in [-0.2, -0.15) is 101 Å². The Morgan fingerprint density at radius 3 is 0.875 bits per heavy atom. The molecule has 1 aromatic carbocycles. The van der Waals surface area contributed by atoms with Crippen LogP contribution in [-0.4, -0.2) is 59.5 Å². The first-order valence-electron chi connectivity index (χ1n) is 8.92. The maximum absolute atomic E-state index is 13.9. The van der Waals surface area contributed by atoms with Gasteiger partial charge in [-0.3, -0.25) is 0 Å². The molecule has 233 valence electrons.